The van der Waals surface area contributed by atoms with Gasteiger partial charge in [-0.15, -0.1) is 0 Å². The van der Waals surface area contributed by atoms with Crippen LogP contribution in [0.2, 0.25) is 0 Å². The van der Waals surface area contributed by atoms with Gasteiger partial charge < -0.3 is 15.5 Å². The van der Waals surface area contributed by atoms with Crippen LogP contribution in [0, 0.1) is 13.8 Å². The summed E-state index contributed by atoms with van der Waals surface area (Å²) in [7, 11) is 0. The fraction of sp³-hybridized carbons (Fsp3) is 0.263. The molecule has 2 N–H and O–H groups in total. The molecular weight excluding hydrogens is 382 g/mol. The Morgan fingerprint density at radius 3 is 2.68 bits per heavy atom. The van der Waals surface area contributed by atoms with Crippen molar-refractivity contribution in [1.29, 1.82) is 0 Å². The van der Waals surface area contributed by atoms with Gasteiger partial charge in [-0.3, -0.25) is 4.79 Å². The van der Waals surface area contributed by atoms with Gasteiger partial charge in [-0.2, -0.15) is 0 Å². The number of benzene rings is 2. The molecule has 2 aromatic carbocycles. The molecule has 1 aliphatic rings. The summed E-state index contributed by atoms with van der Waals surface area (Å²) in [5.41, 5.74) is 3.92. The Kier molecular flexibility index (Phi) is 5.08. The molecule has 3 amide bonds. The number of anilines is 2. The Labute approximate surface area is 155 Å². The van der Waals surface area contributed by atoms with Crippen LogP contribution in [0.3, 0.4) is 0 Å². The summed E-state index contributed by atoms with van der Waals surface area (Å²) in [5, 5.41) is 5.66. The topological polar surface area (TPSA) is 61.4 Å². The van der Waals surface area contributed by atoms with E-state index in [1.807, 2.05) is 56.3 Å². The molecule has 25 heavy (non-hydrogen) atoms. The monoisotopic (exact) mass is 401 g/mol. The highest BCUT2D eigenvalue weighted by Crippen LogP contribution is 2.24. The van der Waals surface area contributed by atoms with E-state index in [9.17, 15) is 9.59 Å². The van der Waals surface area contributed by atoms with E-state index in [4.69, 9.17) is 0 Å². The van der Waals surface area contributed by atoms with Crippen LogP contribution in [0.15, 0.2) is 46.9 Å². The van der Waals surface area contributed by atoms with E-state index >= 15 is 0 Å². The zero-order chi connectivity index (χ0) is 18.0. The number of hydrogen-bond acceptors (Lipinski definition) is 2. The second kappa shape index (κ2) is 7.27. The predicted molar refractivity (Wildman–Crippen MR) is 103 cm³/mol. The van der Waals surface area contributed by atoms with Crippen LogP contribution in [0.5, 0.6) is 0 Å². The molecule has 0 saturated carbocycles. The lowest BCUT2D eigenvalue weighted by atomic mass is 10.1. The highest BCUT2D eigenvalue weighted by Gasteiger charge is 2.31. The molecule has 0 unspecified atom stereocenters. The molecule has 1 heterocycles. The number of amides is 3. The molecule has 6 heteroatoms. The summed E-state index contributed by atoms with van der Waals surface area (Å²) in [6.45, 7) is 4.55. The molecular formula is C19H20BrN3O2. The van der Waals surface area contributed by atoms with E-state index in [1.54, 1.807) is 4.90 Å². The first-order chi connectivity index (χ1) is 11.9. The van der Waals surface area contributed by atoms with Gasteiger partial charge in [0.25, 0.3) is 0 Å². The molecule has 0 radical (unpaired) electrons. The first-order valence-electron chi connectivity index (χ1n) is 8.13. The Hall–Kier alpha value is -2.34. The third kappa shape index (κ3) is 4.20. The number of rotatable bonds is 3. The molecule has 130 valence electrons. The van der Waals surface area contributed by atoms with Gasteiger partial charge in [0.2, 0.25) is 5.91 Å². The van der Waals surface area contributed by atoms with Crippen molar-refractivity contribution in [2.75, 3.05) is 16.8 Å². The quantitative estimate of drug-likeness (QED) is 0.816. The molecule has 1 aliphatic heterocycles. The Morgan fingerprint density at radius 1 is 1.16 bits per heavy atom. The Bertz CT molecular complexity index is 822. The van der Waals surface area contributed by atoms with Crippen molar-refractivity contribution >= 4 is 39.2 Å². The number of nitrogens with one attached hydrogen (secondary N) is 2. The summed E-state index contributed by atoms with van der Waals surface area (Å²) in [5.74, 6) is 0.0241. The smallest absolute Gasteiger partial charge is 0.319 e. The lowest BCUT2D eigenvalue weighted by Gasteiger charge is -2.18. The lowest BCUT2D eigenvalue weighted by Crippen LogP contribution is -2.39. The third-order valence-electron chi connectivity index (χ3n) is 4.34. The first-order valence-corrected chi connectivity index (χ1v) is 8.92. The fourth-order valence-electron chi connectivity index (χ4n) is 2.87. The average molecular weight is 402 g/mol. The van der Waals surface area contributed by atoms with E-state index < -0.39 is 0 Å². The number of urea groups is 1. The number of hydrogen-bond donors (Lipinski definition) is 2. The van der Waals surface area contributed by atoms with E-state index in [1.165, 1.54) is 5.56 Å². The van der Waals surface area contributed by atoms with Gasteiger partial charge in [-0.25, -0.2) is 4.79 Å². The van der Waals surface area contributed by atoms with Gasteiger partial charge in [0.1, 0.15) is 0 Å². The van der Waals surface area contributed by atoms with Crippen molar-refractivity contribution in [3.8, 4) is 0 Å². The van der Waals surface area contributed by atoms with Crippen LogP contribution in [-0.2, 0) is 4.79 Å². The van der Waals surface area contributed by atoms with Crippen LogP contribution < -0.4 is 15.5 Å². The number of aryl methyl sites for hydroxylation is 2. The van der Waals surface area contributed by atoms with Gasteiger partial charge in [0, 0.05) is 28.8 Å². The molecule has 2 aromatic rings. The zero-order valence-electron chi connectivity index (χ0n) is 14.2. The second-order valence-corrected chi connectivity index (χ2v) is 7.20. The van der Waals surface area contributed by atoms with Crippen molar-refractivity contribution < 1.29 is 9.59 Å². The van der Waals surface area contributed by atoms with E-state index in [0.29, 0.717) is 18.7 Å². The van der Waals surface area contributed by atoms with Crippen molar-refractivity contribution in [1.82, 2.24) is 5.32 Å². The minimum atomic E-state index is -0.308. The Morgan fingerprint density at radius 2 is 1.96 bits per heavy atom. The largest absolute Gasteiger partial charge is 0.333 e. The lowest BCUT2D eigenvalue weighted by molar-refractivity contribution is -0.117. The van der Waals surface area contributed by atoms with Crippen molar-refractivity contribution in [3.05, 3.63) is 58.1 Å². The molecule has 1 atom stereocenters. The number of carbonyl (C=O) groups is 2. The molecule has 5 nitrogen and oxygen atoms in total. The first kappa shape index (κ1) is 17.5. The van der Waals surface area contributed by atoms with Crippen LogP contribution >= 0.6 is 15.9 Å². The maximum atomic E-state index is 12.3. The normalized spacial score (nSPS) is 16.8. The average Bonchev–Trinajstić information content (AvgIpc) is 2.90. The highest BCUT2D eigenvalue weighted by atomic mass is 79.9. The summed E-state index contributed by atoms with van der Waals surface area (Å²) < 4.78 is 0.891. The minimum absolute atomic E-state index is 0.0241. The highest BCUT2D eigenvalue weighted by molar-refractivity contribution is 9.10. The molecule has 0 aliphatic carbocycles. The number of halogens is 1. The Balaban J connectivity index is 1.62. The molecule has 1 fully saturated rings. The van der Waals surface area contributed by atoms with Crippen LogP contribution in [-0.4, -0.2) is 24.5 Å². The molecule has 0 spiro atoms. The van der Waals surface area contributed by atoms with Crippen molar-refractivity contribution in [3.63, 3.8) is 0 Å². The van der Waals surface area contributed by atoms with Crippen LogP contribution in [0.1, 0.15) is 17.5 Å². The maximum Gasteiger partial charge on any atom is 0.319 e. The van der Waals surface area contributed by atoms with Gasteiger partial charge >= 0.3 is 6.03 Å². The molecule has 0 aromatic heterocycles. The van der Waals surface area contributed by atoms with Gasteiger partial charge in [0.15, 0.2) is 0 Å². The second-order valence-electron chi connectivity index (χ2n) is 6.28. The van der Waals surface area contributed by atoms with Crippen molar-refractivity contribution in [2.24, 2.45) is 0 Å². The van der Waals surface area contributed by atoms with Gasteiger partial charge in [-0.05, 0) is 55.3 Å². The summed E-state index contributed by atoms with van der Waals surface area (Å²) >= 11 is 3.37. The predicted octanol–water partition coefficient (Wildman–Crippen LogP) is 3.99. The summed E-state index contributed by atoms with van der Waals surface area (Å²) in [6, 6.07) is 12.8. The third-order valence-corrected chi connectivity index (χ3v) is 4.84. The minimum Gasteiger partial charge on any atom is -0.333 e. The summed E-state index contributed by atoms with van der Waals surface area (Å²) in [6.07, 6.45) is 0.304. The van der Waals surface area contributed by atoms with Crippen molar-refractivity contribution in [2.45, 2.75) is 26.3 Å². The SMILES string of the molecule is Cc1ccc(N2C[C@@H](NC(=O)Nc3cccc(Br)c3)CC2=O)cc1C. The fourth-order valence-corrected chi connectivity index (χ4v) is 3.27. The molecule has 3 rings (SSSR count). The zero-order valence-corrected chi connectivity index (χ0v) is 15.8. The van der Waals surface area contributed by atoms with Crippen LogP contribution in [0.25, 0.3) is 0 Å². The maximum absolute atomic E-state index is 12.3. The summed E-state index contributed by atoms with van der Waals surface area (Å²) in [4.78, 5) is 26.2. The van der Waals surface area contributed by atoms with Crippen LogP contribution in [0.4, 0.5) is 16.2 Å². The van der Waals surface area contributed by atoms with Gasteiger partial charge in [0.05, 0.1) is 6.04 Å². The van der Waals surface area contributed by atoms with E-state index in [-0.39, 0.29) is 18.0 Å². The molecule has 1 saturated heterocycles. The van der Waals surface area contributed by atoms with E-state index in [2.05, 4.69) is 26.6 Å². The molecule has 0 bridgehead atoms. The van der Waals surface area contributed by atoms with Gasteiger partial charge in [-0.1, -0.05) is 28.1 Å². The van der Waals surface area contributed by atoms with E-state index in [0.717, 1.165) is 15.7 Å². The standard InChI is InChI=1S/C19H20BrN3O2/c1-12-6-7-17(8-13(12)2)23-11-16(10-18(23)24)22-19(25)21-15-5-3-4-14(20)9-15/h3-9,16H,10-11H2,1-2H3,(H2,21,22,25)/t16-/m0/s1. The number of carbonyl (C=O) groups excluding carboxylic acids is 2. The number of nitrogens with zero attached hydrogens (tertiary/aromatic N) is 1.